The van der Waals surface area contributed by atoms with Crippen LogP contribution in [0, 0.1) is 5.21 Å². The summed E-state index contributed by atoms with van der Waals surface area (Å²) in [5.74, 6) is -0.175. The fourth-order valence-corrected chi connectivity index (χ4v) is 1.77. The number of quaternary nitrogens is 1. The number of ether oxygens (including phenoxy) is 2. The van der Waals surface area contributed by atoms with Crippen LogP contribution in [0.15, 0.2) is 24.3 Å². The molecule has 0 aliphatic rings. The zero-order valence-electron chi connectivity index (χ0n) is 12.0. The van der Waals surface area contributed by atoms with Crippen LogP contribution in [0.5, 0.6) is 5.88 Å². The van der Waals surface area contributed by atoms with Gasteiger partial charge in [-0.05, 0) is 24.3 Å². The number of nitrogen functional groups attached to an aromatic ring is 1. The number of methoxy groups -OCH3 is 2. The zero-order chi connectivity index (χ0) is 16.1. The molecule has 0 spiro atoms. The van der Waals surface area contributed by atoms with E-state index >= 15 is 0 Å². The molecule has 9 nitrogen and oxygen atoms in total. The van der Waals surface area contributed by atoms with Crippen molar-refractivity contribution in [2.75, 3.05) is 25.3 Å². The van der Waals surface area contributed by atoms with Crippen LogP contribution >= 0.6 is 0 Å². The third-order valence-electron chi connectivity index (χ3n) is 2.81. The van der Waals surface area contributed by atoms with Gasteiger partial charge in [-0.2, -0.15) is 9.97 Å². The fourth-order valence-electron chi connectivity index (χ4n) is 1.77. The Morgan fingerprint density at radius 3 is 2.50 bits per heavy atom. The topological polar surface area (TPSA) is 139 Å². The number of carbonyl (C=O) groups excluding carboxylic acids is 1. The van der Waals surface area contributed by atoms with Crippen molar-refractivity contribution in [1.29, 1.82) is 0 Å². The van der Waals surface area contributed by atoms with Gasteiger partial charge in [-0.1, -0.05) is 0 Å². The van der Waals surface area contributed by atoms with Crippen LogP contribution in [-0.4, -0.2) is 30.2 Å². The third-order valence-corrected chi connectivity index (χ3v) is 2.81. The van der Waals surface area contributed by atoms with E-state index in [0.29, 0.717) is 16.7 Å². The van der Waals surface area contributed by atoms with E-state index in [-0.39, 0.29) is 23.3 Å². The molecule has 0 bridgehead atoms. The molecule has 5 N–H and O–H groups in total. The van der Waals surface area contributed by atoms with E-state index in [1.807, 2.05) is 0 Å². The summed E-state index contributed by atoms with van der Waals surface area (Å²) in [4.78, 5) is 19.2. The molecule has 0 atom stereocenters. The van der Waals surface area contributed by atoms with E-state index in [1.54, 1.807) is 24.3 Å². The third kappa shape index (κ3) is 3.22. The highest BCUT2D eigenvalue weighted by atomic mass is 16.5. The van der Waals surface area contributed by atoms with Crippen molar-refractivity contribution in [2.24, 2.45) is 0 Å². The summed E-state index contributed by atoms with van der Waals surface area (Å²) >= 11 is 0. The minimum absolute atomic E-state index is 0.0314. The summed E-state index contributed by atoms with van der Waals surface area (Å²) in [5, 5.41) is 14.1. The van der Waals surface area contributed by atoms with Crippen LogP contribution in [0.1, 0.15) is 10.4 Å². The highest BCUT2D eigenvalue weighted by Crippen LogP contribution is 2.28. The summed E-state index contributed by atoms with van der Waals surface area (Å²) in [7, 11) is 2.69. The van der Waals surface area contributed by atoms with Crippen molar-refractivity contribution in [3.8, 4) is 5.88 Å². The van der Waals surface area contributed by atoms with E-state index in [2.05, 4.69) is 20.0 Å². The van der Waals surface area contributed by atoms with Crippen LogP contribution in [-0.2, 0) is 4.74 Å². The summed E-state index contributed by atoms with van der Waals surface area (Å²) in [6.45, 7) is 0. The van der Waals surface area contributed by atoms with Crippen molar-refractivity contribution in [2.45, 2.75) is 0 Å². The van der Waals surface area contributed by atoms with Gasteiger partial charge in [0, 0.05) is 5.69 Å². The second kappa shape index (κ2) is 6.70. The van der Waals surface area contributed by atoms with Crippen molar-refractivity contribution < 1.29 is 19.7 Å². The van der Waals surface area contributed by atoms with Gasteiger partial charge in [0.2, 0.25) is 17.5 Å². The summed E-state index contributed by atoms with van der Waals surface area (Å²) < 4.78 is 9.61. The molecule has 22 heavy (non-hydrogen) atoms. The molecule has 2 aromatic rings. The van der Waals surface area contributed by atoms with Gasteiger partial charge in [-0.25, -0.2) is 4.79 Å². The molecule has 0 unspecified atom stereocenters. The van der Waals surface area contributed by atoms with E-state index in [9.17, 15) is 10.0 Å². The lowest BCUT2D eigenvalue weighted by molar-refractivity contribution is -0.497. The Bertz CT molecular complexity index is 675. The van der Waals surface area contributed by atoms with Gasteiger partial charge >= 0.3 is 5.97 Å². The lowest BCUT2D eigenvalue weighted by atomic mass is 10.2. The molecular formula is C13H15N5O4. The minimum Gasteiger partial charge on any atom is -0.630 e. The lowest BCUT2D eigenvalue weighted by Crippen LogP contribution is -2.70. The Kier molecular flexibility index (Phi) is 4.71. The first kappa shape index (κ1) is 15.5. The molecule has 0 aliphatic heterocycles. The second-order valence-electron chi connectivity index (χ2n) is 4.17. The van der Waals surface area contributed by atoms with Crippen LogP contribution in [0.4, 0.5) is 23.1 Å². The van der Waals surface area contributed by atoms with Gasteiger partial charge in [0.1, 0.15) is 0 Å². The molecule has 116 valence electrons. The highest BCUT2D eigenvalue weighted by molar-refractivity contribution is 5.89. The number of nitrogens with zero attached hydrogens (tertiary/aromatic N) is 2. The zero-order valence-corrected chi connectivity index (χ0v) is 12.0. The number of esters is 1. The monoisotopic (exact) mass is 305 g/mol. The number of carbonyl (C=O) groups is 1. The number of hydrogen-bond donors (Lipinski definition) is 3. The molecule has 2 rings (SSSR count). The molecule has 0 saturated heterocycles. The minimum atomic E-state index is -0.437. The van der Waals surface area contributed by atoms with E-state index in [4.69, 9.17) is 10.5 Å². The fraction of sp³-hybridized carbons (Fsp3) is 0.154. The molecule has 1 aromatic carbocycles. The summed E-state index contributed by atoms with van der Waals surface area (Å²) in [6, 6.07) is 6.45. The molecule has 1 heterocycles. The number of anilines is 3. The number of hydrogen-bond acceptors (Lipinski definition) is 8. The van der Waals surface area contributed by atoms with Gasteiger partial charge in [0.15, 0.2) is 0 Å². The molecular weight excluding hydrogens is 290 g/mol. The molecule has 0 aliphatic carbocycles. The highest BCUT2D eigenvalue weighted by Gasteiger charge is 2.16. The Balaban J connectivity index is 2.30. The van der Waals surface area contributed by atoms with Crippen LogP contribution in [0.25, 0.3) is 0 Å². The maximum absolute atomic E-state index is 11.4. The Hall–Kier alpha value is -2.91. The molecule has 0 saturated carbocycles. The number of rotatable bonds is 5. The Morgan fingerprint density at radius 1 is 1.27 bits per heavy atom. The number of benzene rings is 1. The Labute approximate surface area is 126 Å². The number of nitrogens with two attached hydrogens (primary N) is 2. The molecule has 0 amide bonds. The molecule has 9 heteroatoms. The molecule has 0 radical (unpaired) electrons. The summed E-state index contributed by atoms with van der Waals surface area (Å²) in [5.41, 5.74) is 7.31. The van der Waals surface area contributed by atoms with Crippen molar-refractivity contribution in [3.05, 3.63) is 35.0 Å². The largest absolute Gasteiger partial charge is 0.630 e. The van der Waals surface area contributed by atoms with E-state index in [0.717, 1.165) is 0 Å². The van der Waals surface area contributed by atoms with Crippen LogP contribution < -0.4 is 21.3 Å². The smallest absolute Gasteiger partial charge is 0.337 e. The average molecular weight is 305 g/mol. The molecule has 0 fully saturated rings. The number of nitrogens with one attached hydrogen (secondary N) is 1. The maximum Gasteiger partial charge on any atom is 0.337 e. The first-order chi connectivity index (χ1) is 10.6. The van der Waals surface area contributed by atoms with Crippen molar-refractivity contribution in [3.63, 3.8) is 0 Å². The number of aromatic nitrogens is 2. The van der Waals surface area contributed by atoms with Gasteiger partial charge in [0.25, 0.3) is 5.88 Å². The summed E-state index contributed by atoms with van der Waals surface area (Å²) in [6.07, 6.45) is 0. The lowest BCUT2D eigenvalue weighted by Gasteiger charge is -2.13. The van der Waals surface area contributed by atoms with Gasteiger partial charge < -0.3 is 31.2 Å². The molecule has 1 aromatic heterocycles. The van der Waals surface area contributed by atoms with Crippen LogP contribution in [0.3, 0.4) is 0 Å². The van der Waals surface area contributed by atoms with Crippen LogP contribution in [0.2, 0.25) is 0 Å². The van der Waals surface area contributed by atoms with E-state index in [1.165, 1.54) is 14.2 Å². The van der Waals surface area contributed by atoms with Gasteiger partial charge in [-0.15, -0.1) is 0 Å². The SMILES string of the molecule is COC(=O)c1ccc(Nc2nc(N)nc(OC)c2[NH2+][O-])cc1. The predicted octanol–water partition coefficient (Wildman–Crippen LogP) is 0.290. The van der Waals surface area contributed by atoms with Gasteiger partial charge in [0.05, 0.1) is 19.8 Å². The quantitative estimate of drug-likeness (QED) is 0.529. The Morgan fingerprint density at radius 2 is 1.95 bits per heavy atom. The predicted molar refractivity (Wildman–Crippen MR) is 79.0 cm³/mol. The first-order valence-electron chi connectivity index (χ1n) is 6.21. The normalized spacial score (nSPS) is 10.1. The van der Waals surface area contributed by atoms with Gasteiger partial charge in [-0.3, -0.25) is 0 Å². The standard InChI is InChI=1S/C13H15N5O4/c1-21-11-9(18-20)10(16-13(14)17-11)15-8-5-3-7(4-6-8)12(19)22-2/h3-6H,18H2,1-2H3,(H3,14,15,16,17). The first-order valence-corrected chi connectivity index (χ1v) is 6.21. The second-order valence-corrected chi connectivity index (χ2v) is 4.17. The van der Waals surface area contributed by atoms with E-state index < -0.39 is 5.97 Å². The average Bonchev–Trinajstić information content (AvgIpc) is 2.54. The van der Waals surface area contributed by atoms with Crippen molar-refractivity contribution in [1.82, 2.24) is 9.97 Å². The maximum atomic E-state index is 11.4. The van der Waals surface area contributed by atoms with Crippen molar-refractivity contribution >= 4 is 29.1 Å².